The molecule has 0 bridgehead atoms. The van der Waals surface area contributed by atoms with Gasteiger partial charge in [0.1, 0.15) is 11.6 Å². The largest absolute Gasteiger partial charge is 0.494 e. The highest BCUT2D eigenvalue weighted by Crippen LogP contribution is 2.15. The van der Waals surface area contributed by atoms with Crippen LogP contribution in [0.4, 0.5) is 4.39 Å². The van der Waals surface area contributed by atoms with Crippen molar-refractivity contribution in [3.05, 3.63) is 59.9 Å². The van der Waals surface area contributed by atoms with Crippen LogP contribution in [0, 0.1) is 5.82 Å². The molecule has 0 saturated carbocycles. The normalized spacial score (nSPS) is 11.5. The van der Waals surface area contributed by atoms with Gasteiger partial charge in [-0.2, -0.15) is 13.5 Å². The molecule has 2 aromatic carbocycles. The Morgan fingerprint density at radius 2 is 1.86 bits per heavy atom. The lowest BCUT2D eigenvalue weighted by atomic mass is 10.2. The molecule has 0 spiro atoms. The Morgan fingerprint density at radius 1 is 1.18 bits per heavy atom. The van der Waals surface area contributed by atoms with Crippen molar-refractivity contribution in [3.63, 3.8) is 0 Å². The molecule has 0 atom stereocenters. The van der Waals surface area contributed by atoms with Crippen molar-refractivity contribution in [2.24, 2.45) is 5.10 Å². The first-order chi connectivity index (χ1) is 10.5. The zero-order chi connectivity index (χ0) is 16.0. The van der Waals surface area contributed by atoms with Crippen molar-refractivity contribution >= 4 is 16.2 Å². The van der Waals surface area contributed by atoms with E-state index in [2.05, 4.69) is 5.10 Å². The van der Waals surface area contributed by atoms with E-state index in [0.717, 1.165) is 6.21 Å². The predicted molar refractivity (Wildman–Crippen MR) is 81.9 cm³/mol. The summed E-state index contributed by atoms with van der Waals surface area (Å²) >= 11 is 0. The highest BCUT2D eigenvalue weighted by molar-refractivity contribution is 7.89. The first kappa shape index (κ1) is 16.0. The maximum atomic E-state index is 13.4. The molecule has 1 N–H and O–H groups in total. The van der Waals surface area contributed by atoms with Crippen LogP contribution in [0.1, 0.15) is 12.5 Å². The molecule has 0 unspecified atom stereocenters. The van der Waals surface area contributed by atoms with Gasteiger partial charge in [-0.25, -0.2) is 9.22 Å². The SMILES string of the molecule is CCOc1ccc(S(=O)(=O)NN=Cc2ccccc2F)cc1. The maximum absolute atomic E-state index is 13.4. The Hall–Kier alpha value is -2.41. The Labute approximate surface area is 128 Å². The monoisotopic (exact) mass is 322 g/mol. The zero-order valence-corrected chi connectivity index (χ0v) is 12.7. The van der Waals surface area contributed by atoms with E-state index in [1.54, 1.807) is 18.2 Å². The Morgan fingerprint density at radius 3 is 2.50 bits per heavy atom. The number of nitrogens with zero attached hydrogens (tertiary/aromatic N) is 1. The number of hydrogen-bond acceptors (Lipinski definition) is 4. The van der Waals surface area contributed by atoms with E-state index in [-0.39, 0.29) is 10.5 Å². The van der Waals surface area contributed by atoms with E-state index in [0.29, 0.717) is 12.4 Å². The molecule has 7 heteroatoms. The average Bonchev–Trinajstić information content (AvgIpc) is 2.50. The minimum Gasteiger partial charge on any atom is -0.494 e. The van der Waals surface area contributed by atoms with E-state index in [1.165, 1.54) is 30.3 Å². The van der Waals surface area contributed by atoms with Crippen LogP contribution >= 0.6 is 0 Å². The lowest BCUT2D eigenvalue weighted by Crippen LogP contribution is -2.18. The molecule has 0 aliphatic carbocycles. The summed E-state index contributed by atoms with van der Waals surface area (Å²) in [5.74, 6) is 0.0998. The smallest absolute Gasteiger partial charge is 0.276 e. The number of sulfonamides is 1. The summed E-state index contributed by atoms with van der Waals surface area (Å²) in [4.78, 5) is 2.08. The van der Waals surface area contributed by atoms with Crippen LogP contribution in [0.5, 0.6) is 5.75 Å². The second kappa shape index (κ2) is 7.04. The van der Waals surface area contributed by atoms with Crippen molar-refractivity contribution in [3.8, 4) is 5.75 Å². The summed E-state index contributed by atoms with van der Waals surface area (Å²) in [6.07, 6.45) is 1.11. The van der Waals surface area contributed by atoms with E-state index in [9.17, 15) is 12.8 Å². The fourth-order valence-corrected chi connectivity index (χ4v) is 2.47. The minimum absolute atomic E-state index is 0.0432. The van der Waals surface area contributed by atoms with Gasteiger partial charge in [-0.15, -0.1) is 0 Å². The molecule has 0 radical (unpaired) electrons. The zero-order valence-electron chi connectivity index (χ0n) is 11.9. The summed E-state index contributed by atoms with van der Waals surface area (Å²) in [6.45, 7) is 2.33. The number of hydrogen-bond donors (Lipinski definition) is 1. The summed E-state index contributed by atoms with van der Waals surface area (Å²) < 4.78 is 42.6. The van der Waals surface area contributed by atoms with Crippen molar-refractivity contribution in [2.45, 2.75) is 11.8 Å². The van der Waals surface area contributed by atoms with Gasteiger partial charge in [0.05, 0.1) is 17.7 Å². The molecule has 0 aromatic heterocycles. The molecule has 0 amide bonds. The molecular weight excluding hydrogens is 307 g/mol. The third kappa shape index (κ3) is 4.05. The number of nitrogens with one attached hydrogen (secondary N) is 1. The lowest BCUT2D eigenvalue weighted by Gasteiger charge is -2.05. The molecule has 116 valence electrons. The molecule has 0 aliphatic heterocycles. The van der Waals surface area contributed by atoms with Crippen molar-refractivity contribution in [1.82, 2.24) is 4.83 Å². The van der Waals surface area contributed by atoms with Gasteiger partial charge in [0.2, 0.25) is 0 Å². The van der Waals surface area contributed by atoms with E-state index in [4.69, 9.17) is 4.74 Å². The molecule has 5 nitrogen and oxygen atoms in total. The molecule has 0 fully saturated rings. The third-order valence-corrected chi connectivity index (χ3v) is 3.97. The molecule has 0 aliphatic rings. The second-order valence-electron chi connectivity index (χ2n) is 4.28. The maximum Gasteiger partial charge on any atom is 0.276 e. The number of hydrazone groups is 1. The van der Waals surface area contributed by atoms with Crippen LogP contribution in [0.15, 0.2) is 58.5 Å². The number of halogens is 1. The van der Waals surface area contributed by atoms with Crippen LogP contribution in [0.25, 0.3) is 0 Å². The summed E-state index contributed by atoms with van der Waals surface area (Å²) in [6, 6.07) is 11.9. The van der Waals surface area contributed by atoms with E-state index < -0.39 is 15.8 Å². The Kier molecular flexibility index (Phi) is 5.11. The molecule has 0 saturated heterocycles. The third-order valence-electron chi connectivity index (χ3n) is 2.73. The summed E-state index contributed by atoms with van der Waals surface area (Å²) in [5, 5.41) is 3.58. The standard InChI is InChI=1S/C15H15FN2O3S/c1-2-21-13-7-9-14(10-8-13)22(19,20)18-17-11-12-5-3-4-6-15(12)16/h3-11,18H,2H2,1H3. The first-order valence-electron chi connectivity index (χ1n) is 6.55. The number of benzene rings is 2. The molecule has 22 heavy (non-hydrogen) atoms. The van der Waals surface area contributed by atoms with Crippen LogP contribution in [-0.4, -0.2) is 21.2 Å². The Bertz CT molecular complexity index is 759. The van der Waals surface area contributed by atoms with Crippen LogP contribution in [-0.2, 0) is 10.0 Å². The van der Waals surface area contributed by atoms with Gasteiger partial charge in [-0.1, -0.05) is 18.2 Å². The van der Waals surface area contributed by atoms with Crippen LogP contribution < -0.4 is 9.57 Å². The fourth-order valence-electron chi connectivity index (χ4n) is 1.68. The lowest BCUT2D eigenvalue weighted by molar-refractivity contribution is 0.340. The first-order valence-corrected chi connectivity index (χ1v) is 8.03. The molecular formula is C15H15FN2O3S. The number of ether oxygens (including phenoxy) is 1. The van der Waals surface area contributed by atoms with Crippen molar-refractivity contribution in [2.75, 3.05) is 6.61 Å². The highest BCUT2D eigenvalue weighted by atomic mass is 32.2. The average molecular weight is 322 g/mol. The molecule has 2 rings (SSSR count). The minimum atomic E-state index is -3.80. The van der Waals surface area contributed by atoms with Crippen molar-refractivity contribution in [1.29, 1.82) is 0 Å². The highest BCUT2D eigenvalue weighted by Gasteiger charge is 2.12. The van der Waals surface area contributed by atoms with Crippen molar-refractivity contribution < 1.29 is 17.5 Å². The van der Waals surface area contributed by atoms with Gasteiger partial charge >= 0.3 is 0 Å². The van der Waals surface area contributed by atoms with Gasteiger partial charge in [-0.05, 0) is 37.3 Å². The van der Waals surface area contributed by atoms with Gasteiger partial charge in [0.15, 0.2) is 0 Å². The Balaban J connectivity index is 2.09. The summed E-state index contributed by atoms with van der Waals surface area (Å²) in [7, 11) is -3.80. The van der Waals surface area contributed by atoms with Gasteiger partial charge in [0, 0.05) is 5.56 Å². The van der Waals surface area contributed by atoms with Gasteiger partial charge in [0.25, 0.3) is 10.0 Å². The van der Waals surface area contributed by atoms with Crippen LogP contribution in [0.3, 0.4) is 0 Å². The fraction of sp³-hybridized carbons (Fsp3) is 0.133. The van der Waals surface area contributed by atoms with E-state index >= 15 is 0 Å². The number of rotatable bonds is 6. The summed E-state index contributed by atoms with van der Waals surface area (Å²) in [5.41, 5.74) is 0.192. The van der Waals surface area contributed by atoms with Gasteiger partial charge in [-0.3, -0.25) is 0 Å². The quantitative estimate of drug-likeness (QED) is 0.656. The molecule has 2 aromatic rings. The second-order valence-corrected chi connectivity index (χ2v) is 5.94. The topological polar surface area (TPSA) is 67.8 Å². The van der Waals surface area contributed by atoms with Crippen LogP contribution in [0.2, 0.25) is 0 Å². The van der Waals surface area contributed by atoms with E-state index in [1.807, 2.05) is 11.8 Å². The van der Waals surface area contributed by atoms with Gasteiger partial charge < -0.3 is 4.74 Å². The predicted octanol–water partition coefficient (Wildman–Crippen LogP) is 2.54. The molecule has 0 heterocycles.